The summed E-state index contributed by atoms with van der Waals surface area (Å²) in [5.74, 6) is 0.568. The number of nitrogens with two attached hydrogens (primary N) is 1. The Morgan fingerprint density at radius 3 is 2.70 bits per heavy atom. The molecule has 2 aromatic rings. The number of anilines is 3. The molecular formula is C16H21F2N7O2. The zero-order chi connectivity index (χ0) is 19.4. The van der Waals surface area contributed by atoms with Gasteiger partial charge in [0.1, 0.15) is 5.82 Å². The topological polar surface area (TPSA) is 122 Å². The largest absolute Gasteiger partial charge is 0.394 e. The Balaban J connectivity index is 2.07. The third kappa shape index (κ3) is 4.55. The number of pyridine rings is 1. The van der Waals surface area contributed by atoms with Crippen LogP contribution in [0.25, 0.3) is 11.4 Å². The fraction of sp³-hybridized carbons (Fsp3) is 0.500. The van der Waals surface area contributed by atoms with Gasteiger partial charge in [0.05, 0.1) is 19.8 Å². The molecule has 1 saturated heterocycles. The van der Waals surface area contributed by atoms with E-state index in [-0.39, 0.29) is 41.4 Å². The summed E-state index contributed by atoms with van der Waals surface area (Å²) in [7, 11) is 0. The average Bonchev–Trinajstić information content (AvgIpc) is 2.68. The van der Waals surface area contributed by atoms with Gasteiger partial charge in [-0.15, -0.1) is 0 Å². The van der Waals surface area contributed by atoms with Crippen molar-refractivity contribution >= 4 is 17.7 Å². The summed E-state index contributed by atoms with van der Waals surface area (Å²) < 4.78 is 32.3. The molecule has 0 aliphatic carbocycles. The van der Waals surface area contributed by atoms with E-state index in [1.54, 1.807) is 6.92 Å². The number of alkyl halides is 2. The third-order valence-corrected chi connectivity index (χ3v) is 4.00. The number of aliphatic hydroxyl groups excluding tert-OH is 1. The second kappa shape index (κ2) is 8.35. The van der Waals surface area contributed by atoms with Gasteiger partial charge in [-0.05, 0) is 13.0 Å². The maximum atomic E-state index is 13.5. The quantitative estimate of drug-likeness (QED) is 0.674. The molecule has 1 atom stereocenters. The molecule has 1 aliphatic rings. The molecule has 3 rings (SSSR count). The molecule has 1 aliphatic heterocycles. The van der Waals surface area contributed by atoms with Crippen molar-refractivity contribution in [1.82, 2.24) is 19.9 Å². The highest BCUT2D eigenvalue weighted by molar-refractivity contribution is 5.64. The van der Waals surface area contributed by atoms with Crippen LogP contribution in [-0.2, 0) is 4.74 Å². The number of hydrogen-bond donors (Lipinski definition) is 3. The molecule has 3 heterocycles. The van der Waals surface area contributed by atoms with Gasteiger partial charge in [0.25, 0.3) is 6.43 Å². The minimum Gasteiger partial charge on any atom is -0.394 e. The van der Waals surface area contributed by atoms with Gasteiger partial charge in [-0.25, -0.2) is 13.8 Å². The van der Waals surface area contributed by atoms with E-state index < -0.39 is 6.43 Å². The normalized spacial score (nSPS) is 15.8. The molecule has 0 spiro atoms. The average molecular weight is 381 g/mol. The summed E-state index contributed by atoms with van der Waals surface area (Å²) in [6, 6.07) is 0.790. The maximum absolute atomic E-state index is 13.5. The molecule has 0 bridgehead atoms. The van der Waals surface area contributed by atoms with Gasteiger partial charge < -0.3 is 25.8 Å². The molecule has 2 aromatic heterocycles. The second-order valence-corrected chi connectivity index (χ2v) is 6.11. The summed E-state index contributed by atoms with van der Waals surface area (Å²) >= 11 is 0. The first-order valence-electron chi connectivity index (χ1n) is 8.48. The van der Waals surface area contributed by atoms with Crippen molar-refractivity contribution in [2.75, 3.05) is 48.9 Å². The summed E-state index contributed by atoms with van der Waals surface area (Å²) in [6.07, 6.45) is -1.53. The lowest BCUT2D eigenvalue weighted by Crippen LogP contribution is -2.37. The molecule has 146 valence electrons. The Bertz CT molecular complexity index is 787. The van der Waals surface area contributed by atoms with E-state index >= 15 is 0 Å². The van der Waals surface area contributed by atoms with Crippen LogP contribution in [-0.4, -0.2) is 64.0 Å². The van der Waals surface area contributed by atoms with Crippen molar-refractivity contribution in [2.45, 2.75) is 19.4 Å². The van der Waals surface area contributed by atoms with Crippen molar-refractivity contribution < 1.29 is 18.6 Å². The van der Waals surface area contributed by atoms with Gasteiger partial charge in [0, 0.05) is 36.5 Å². The van der Waals surface area contributed by atoms with Crippen molar-refractivity contribution in [3.05, 3.63) is 17.8 Å². The predicted octanol–water partition coefficient (Wildman–Crippen LogP) is 1.08. The highest BCUT2D eigenvalue weighted by Gasteiger charge is 2.22. The number of morpholine rings is 1. The Kier molecular flexibility index (Phi) is 5.91. The van der Waals surface area contributed by atoms with Crippen LogP contribution in [0.15, 0.2) is 12.3 Å². The van der Waals surface area contributed by atoms with E-state index in [1.807, 2.05) is 4.90 Å². The van der Waals surface area contributed by atoms with Crippen molar-refractivity contribution in [1.29, 1.82) is 0 Å². The molecule has 0 unspecified atom stereocenters. The van der Waals surface area contributed by atoms with Crippen LogP contribution in [0.4, 0.5) is 26.5 Å². The van der Waals surface area contributed by atoms with Gasteiger partial charge in [0.15, 0.2) is 5.82 Å². The molecule has 0 saturated carbocycles. The molecule has 4 N–H and O–H groups in total. The molecule has 0 amide bonds. The van der Waals surface area contributed by atoms with Crippen molar-refractivity contribution in [3.8, 4) is 11.4 Å². The van der Waals surface area contributed by atoms with E-state index in [9.17, 15) is 13.9 Å². The summed E-state index contributed by atoms with van der Waals surface area (Å²) in [5.41, 5.74) is 5.32. The van der Waals surface area contributed by atoms with Crippen molar-refractivity contribution in [2.24, 2.45) is 0 Å². The first-order chi connectivity index (χ1) is 13.0. The van der Waals surface area contributed by atoms with Crippen LogP contribution in [0.1, 0.15) is 18.9 Å². The van der Waals surface area contributed by atoms with Crippen LogP contribution in [0.5, 0.6) is 0 Å². The number of aromatic nitrogens is 4. The zero-order valence-electron chi connectivity index (χ0n) is 14.8. The van der Waals surface area contributed by atoms with Gasteiger partial charge in [-0.1, -0.05) is 0 Å². The smallest absolute Gasteiger partial charge is 0.264 e. The zero-order valence-corrected chi connectivity index (χ0v) is 14.8. The Morgan fingerprint density at radius 1 is 1.30 bits per heavy atom. The summed E-state index contributed by atoms with van der Waals surface area (Å²) in [6.45, 7) is 3.78. The number of halogens is 2. The molecule has 11 heteroatoms. The number of hydrogen-bond acceptors (Lipinski definition) is 9. The van der Waals surface area contributed by atoms with E-state index in [4.69, 9.17) is 10.5 Å². The van der Waals surface area contributed by atoms with Gasteiger partial charge >= 0.3 is 0 Å². The number of ether oxygens (including phenoxy) is 1. The van der Waals surface area contributed by atoms with E-state index in [2.05, 4.69) is 25.3 Å². The fourth-order valence-electron chi connectivity index (χ4n) is 2.58. The molecule has 0 radical (unpaired) electrons. The molecule has 1 fully saturated rings. The first-order valence-corrected chi connectivity index (χ1v) is 8.48. The van der Waals surface area contributed by atoms with Crippen LogP contribution in [0.3, 0.4) is 0 Å². The molecule has 27 heavy (non-hydrogen) atoms. The van der Waals surface area contributed by atoms with Gasteiger partial charge in [-0.2, -0.15) is 15.0 Å². The highest BCUT2D eigenvalue weighted by atomic mass is 19.3. The third-order valence-electron chi connectivity index (χ3n) is 4.00. The van der Waals surface area contributed by atoms with Crippen LogP contribution >= 0.6 is 0 Å². The van der Waals surface area contributed by atoms with Crippen LogP contribution in [0.2, 0.25) is 0 Å². The lowest BCUT2D eigenvalue weighted by atomic mass is 10.1. The SMILES string of the molecule is C[C@H](CO)Nc1nc(-c2cnc(N)cc2C(F)F)nc(N2CCOCC2)n1. The highest BCUT2D eigenvalue weighted by Crippen LogP contribution is 2.31. The number of rotatable bonds is 6. The molecule has 9 nitrogen and oxygen atoms in total. The fourth-order valence-corrected chi connectivity index (χ4v) is 2.58. The lowest BCUT2D eigenvalue weighted by Gasteiger charge is -2.27. The van der Waals surface area contributed by atoms with Gasteiger partial charge in [-0.3, -0.25) is 0 Å². The second-order valence-electron chi connectivity index (χ2n) is 6.11. The number of nitrogens with zero attached hydrogens (tertiary/aromatic N) is 5. The van der Waals surface area contributed by atoms with Crippen LogP contribution < -0.4 is 16.0 Å². The van der Waals surface area contributed by atoms with E-state index in [0.717, 1.165) is 6.07 Å². The Labute approximate surface area is 154 Å². The van der Waals surface area contributed by atoms with E-state index in [0.29, 0.717) is 32.3 Å². The molecule has 0 aromatic carbocycles. The Morgan fingerprint density at radius 2 is 2.04 bits per heavy atom. The predicted molar refractivity (Wildman–Crippen MR) is 95.6 cm³/mol. The maximum Gasteiger partial charge on any atom is 0.264 e. The standard InChI is InChI=1S/C16H21F2N7O2/c1-9(8-26)21-15-22-14(11-7-20-12(19)6-10(11)13(17)18)23-16(24-15)25-2-4-27-5-3-25/h6-7,9,13,26H,2-5,8H2,1H3,(H2,19,20)(H,21,22,23,24)/t9-/m1/s1. The lowest BCUT2D eigenvalue weighted by molar-refractivity contribution is 0.122. The summed E-state index contributed by atoms with van der Waals surface area (Å²) in [4.78, 5) is 18.7. The molecular weight excluding hydrogens is 360 g/mol. The monoisotopic (exact) mass is 381 g/mol. The Hall–Kier alpha value is -2.66. The number of aliphatic hydroxyl groups is 1. The summed E-state index contributed by atoms with van der Waals surface area (Å²) in [5, 5.41) is 12.2. The number of nitrogens with one attached hydrogen (secondary N) is 1. The minimum atomic E-state index is -2.76. The van der Waals surface area contributed by atoms with Crippen LogP contribution in [0, 0.1) is 0 Å². The van der Waals surface area contributed by atoms with Gasteiger partial charge in [0.2, 0.25) is 11.9 Å². The van der Waals surface area contributed by atoms with E-state index in [1.165, 1.54) is 6.20 Å². The first kappa shape index (κ1) is 19.1. The number of nitrogen functional groups attached to an aromatic ring is 1. The van der Waals surface area contributed by atoms with Crippen molar-refractivity contribution in [3.63, 3.8) is 0 Å². The minimum absolute atomic E-state index is 0.0104.